The first-order valence-electron chi connectivity index (χ1n) is 9.96. The van der Waals surface area contributed by atoms with Gasteiger partial charge in [0.2, 0.25) is 0 Å². The summed E-state index contributed by atoms with van der Waals surface area (Å²) in [5.41, 5.74) is 0. The van der Waals surface area contributed by atoms with Gasteiger partial charge >= 0.3 is 0 Å². The van der Waals surface area contributed by atoms with E-state index in [9.17, 15) is 5.11 Å². The lowest BCUT2D eigenvalue weighted by Gasteiger charge is -2.26. The third-order valence-electron chi connectivity index (χ3n) is 4.97. The van der Waals surface area contributed by atoms with E-state index in [4.69, 9.17) is 14.2 Å². The SMILES string of the molecule is CCCCCC(/C=C/C1CC[C@H](OC(C)O)C1)OC1CCCCO1. The molecule has 1 aliphatic heterocycles. The first-order chi connectivity index (χ1) is 11.7. The highest BCUT2D eigenvalue weighted by Gasteiger charge is 2.25. The Morgan fingerprint density at radius 3 is 2.75 bits per heavy atom. The highest BCUT2D eigenvalue weighted by atomic mass is 16.7. The Labute approximate surface area is 147 Å². The summed E-state index contributed by atoms with van der Waals surface area (Å²) >= 11 is 0. The van der Waals surface area contributed by atoms with E-state index in [1.54, 1.807) is 6.92 Å². The van der Waals surface area contributed by atoms with Gasteiger partial charge in [-0.3, -0.25) is 0 Å². The minimum atomic E-state index is -0.661. The van der Waals surface area contributed by atoms with Gasteiger partial charge in [-0.05, 0) is 57.8 Å². The molecule has 4 nitrogen and oxygen atoms in total. The molecule has 1 saturated heterocycles. The lowest BCUT2D eigenvalue weighted by atomic mass is 10.0. The molecule has 4 heteroatoms. The number of ether oxygens (including phenoxy) is 3. The Morgan fingerprint density at radius 2 is 2.04 bits per heavy atom. The van der Waals surface area contributed by atoms with Crippen LogP contribution in [0.1, 0.15) is 78.1 Å². The first-order valence-corrected chi connectivity index (χ1v) is 9.96. The molecule has 0 aromatic heterocycles. The van der Waals surface area contributed by atoms with Crippen LogP contribution in [-0.2, 0) is 14.2 Å². The maximum atomic E-state index is 9.35. The second-order valence-electron chi connectivity index (χ2n) is 7.28. The van der Waals surface area contributed by atoms with Crippen LogP contribution in [0.4, 0.5) is 0 Å². The number of hydrogen-bond acceptors (Lipinski definition) is 4. The van der Waals surface area contributed by atoms with Crippen molar-refractivity contribution in [3.63, 3.8) is 0 Å². The van der Waals surface area contributed by atoms with Gasteiger partial charge in [0.15, 0.2) is 12.6 Å². The summed E-state index contributed by atoms with van der Waals surface area (Å²) in [6.45, 7) is 4.75. The molecule has 1 heterocycles. The predicted molar refractivity (Wildman–Crippen MR) is 95.6 cm³/mol. The molecule has 24 heavy (non-hydrogen) atoms. The molecule has 0 amide bonds. The molecule has 0 spiro atoms. The highest BCUT2D eigenvalue weighted by Crippen LogP contribution is 2.30. The summed E-state index contributed by atoms with van der Waals surface area (Å²) in [7, 11) is 0. The molecule has 0 radical (unpaired) electrons. The predicted octanol–water partition coefficient (Wildman–Crippen LogP) is 4.56. The Hall–Kier alpha value is -0.420. The number of hydrogen-bond donors (Lipinski definition) is 1. The summed E-state index contributed by atoms with van der Waals surface area (Å²) in [6, 6.07) is 0. The molecule has 0 aromatic carbocycles. The Balaban J connectivity index is 1.79. The van der Waals surface area contributed by atoms with Gasteiger partial charge in [0.05, 0.1) is 12.2 Å². The fraction of sp³-hybridized carbons (Fsp3) is 0.900. The van der Waals surface area contributed by atoms with Crippen LogP contribution in [0.25, 0.3) is 0 Å². The molecule has 1 aliphatic carbocycles. The topological polar surface area (TPSA) is 47.9 Å². The molecule has 2 fully saturated rings. The van der Waals surface area contributed by atoms with Gasteiger partial charge in [-0.25, -0.2) is 0 Å². The summed E-state index contributed by atoms with van der Waals surface area (Å²) in [5.74, 6) is 0.540. The van der Waals surface area contributed by atoms with Crippen LogP contribution in [-0.4, -0.2) is 36.5 Å². The average Bonchev–Trinajstić information content (AvgIpc) is 3.00. The van der Waals surface area contributed by atoms with Crippen molar-refractivity contribution in [1.82, 2.24) is 0 Å². The lowest BCUT2D eigenvalue weighted by molar-refractivity contribution is -0.179. The van der Waals surface area contributed by atoms with Gasteiger partial charge in [0.1, 0.15) is 0 Å². The van der Waals surface area contributed by atoms with Gasteiger partial charge in [-0.2, -0.15) is 0 Å². The lowest BCUT2D eigenvalue weighted by Crippen LogP contribution is -2.27. The third-order valence-corrected chi connectivity index (χ3v) is 4.97. The third kappa shape index (κ3) is 7.64. The monoisotopic (exact) mass is 340 g/mol. The van der Waals surface area contributed by atoms with Crippen molar-refractivity contribution in [3.05, 3.63) is 12.2 Å². The fourth-order valence-electron chi connectivity index (χ4n) is 3.65. The van der Waals surface area contributed by atoms with Crippen molar-refractivity contribution in [2.24, 2.45) is 5.92 Å². The molecular weight excluding hydrogens is 304 g/mol. The van der Waals surface area contributed by atoms with Crippen molar-refractivity contribution in [1.29, 1.82) is 0 Å². The van der Waals surface area contributed by atoms with E-state index in [0.29, 0.717) is 5.92 Å². The van der Waals surface area contributed by atoms with Gasteiger partial charge in [-0.15, -0.1) is 0 Å². The molecular formula is C20H36O4. The van der Waals surface area contributed by atoms with E-state index >= 15 is 0 Å². The van der Waals surface area contributed by atoms with Crippen LogP contribution >= 0.6 is 0 Å². The smallest absolute Gasteiger partial charge is 0.158 e. The van der Waals surface area contributed by atoms with Gasteiger partial charge in [0, 0.05) is 6.61 Å². The minimum absolute atomic E-state index is 0.0232. The van der Waals surface area contributed by atoms with E-state index in [1.807, 2.05) is 0 Å². The number of allylic oxidation sites excluding steroid dienone is 1. The molecule has 1 saturated carbocycles. The molecule has 0 bridgehead atoms. The van der Waals surface area contributed by atoms with Gasteiger partial charge in [-0.1, -0.05) is 38.3 Å². The summed E-state index contributed by atoms with van der Waals surface area (Å²) in [5, 5.41) is 9.35. The molecule has 1 N–H and O–H groups in total. The van der Waals surface area contributed by atoms with Crippen molar-refractivity contribution in [2.75, 3.05) is 6.61 Å². The van der Waals surface area contributed by atoms with Crippen LogP contribution in [0, 0.1) is 5.92 Å². The van der Waals surface area contributed by atoms with Gasteiger partial charge in [0.25, 0.3) is 0 Å². The molecule has 2 rings (SSSR count). The summed E-state index contributed by atoms with van der Waals surface area (Å²) < 4.78 is 17.5. The number of aliphatic hydroxyl groups is 1. The quantitative estimate of drug-likeness (QED) is 0.360. The Bertz CT molecular complexity index is 350. The molecule has 140 valence electrons. The summed E-state index contributed by atoms with van der Waals surface area (Å²) in [6.07, 6.45) is 15.6. The standard InChI is InChI=1S/C20H36O4/c1-3-4-5-8-18(24-20-9-6-7-14-22-20)12-10-17-11-13-19(15-17)23-16(2)21/h10,12,16-21H,3-9,11,13-15H2,1-2H3/b12-10+/t16?,17?,18?,19-,20?/m0/s1. The van der Waals surface area contributed by atoms with E-state index in [1.165, 1.54) is 25.7 Å². The largest absolute Gasteiger partial charge is 0.368 e. The van der Waals surface area contributed by atoms with Crippen LogP contribution in [0.3, 0.4) is 0 Å². The maximum Gasteiger partial charge on any atom is 0.158 e. The summed E-state index contributed by atoms with van der Waals surface area (Å²) in [4.78, 5) is 0. The molecule has 5 atom stereocenters. The second-order valence-corrected chi connectivity index (χ2v) is 7.28. The fourth-order valence-corrected chi connectivity index (χ4v) is 3.65. The average molecular weight is 341 g/mol. The van der Waals surface area contributed by atoms with Crippen molar-refractivity contribution in [3.8, 4) is 0 Å². The van der Waals surface area contributed by atoms with Crippen molar-refractivity contribution >= 4 is 0 Å². The zero-order chi connectivity index (χ0) is 17.2. The Morgan fingerprint density at radius 1 is 1.17 bits per heavy atom. The maximum absolute atomic E-state index is 9.35. The number of aliphatic hydroxyl groups excluding tert-OH is 1. The molecule has 0 aromatic rings. The van der Waals surface area contributed by atoms with E-state index < -0.39 is 6.29 Å². The van der Waals surface area contributed by atoms with Crippen molar-refractivity contribution < 1.29 is 19.3 Å². The Kier molecular flexibility index (Phi) is 9.32. The van der Waals surface area contributed by atoms with E-state index in [-0.39, 0.29) is 18.5 Å². The normalized spacial score (nSPS) is 30.7. The van der Waals surface area contributed by atoms with E-state index in [2.05, 4.69) is 19.1 Å². The van der Waals surface area contributed by atoms with E-state index in [0.717, 1.165) is 45.1 Å². The highest BCUT2D eigenvalue weighted by molar-refractivity contribution is 4.97. The van der Waals surface area contributed by atoms with Crippen LogP contribution < -0.4 is 0 Å². The number of rotatable bonds is 10. The zero-order valence-corrected chi connectivity index (χ0v) is 15.5. The van der Waals surface area contributed by atoms with Crippen LogP contribution in [0.5, 0.6) is 0 Å². The zero-order valence-electron chi connectivity index (χ0n) is 15.5. The molecule has 4 unspecified atom stereocenters. The minimum Gasteiger partial charge on any atom is -0.368 e. The van der Waals surface area contributed by atoms with Crippen LogP contribution in [0.15, 0.2) is 12.2 Å². The van der Waals surface area contributed by atoms with Crippen LogP contribution in [0.2, 0.25) is 0 Å². The van der Waals surface area contributed by atoms with Crippen molar-refractivity contribution in [2.45, 2.75) is 103 Å². The number of unbranched alkanes of at least 4 members (excludes halogenated alkanes) is 2. The second kappa shape index (κ2) is 11.2. The molecule has 2 aliphatic rings. The first kappa shape index (κ1) is 19.9. The van der Waals surface area contributed by atoms with Gasteiger partial charge < -0.3 is 19.3 Å².